The molecule has 1 aliphatic heterocycles. The van der Waals surface area contributed by atoms with Crippen LogP contribution in [0.2, 0.25) is 0 Å². The fourth-order valence-corrected chi connectivity index (χ4v) is 3.18. The Morgan fingerprint density at radius 1 is 1.52 bits per heavy atom. The molecule has 2 rings (SSSR count). The summed E-state index contributed by atoms with van der Waals surface area (Å²) in [5, 5.41) is 7.73. The summed E-state index contributed by atoms with van der Waals surface area (Å²) in [7, 11) is 3.97. The molecule has 0 bridgehead atoms. The SMILES string of the molecule is CCN1CCCC1CN(C)C(=NC)NCCn1cc(C)cn1.I. The van der Waals surface area contributed by atoms with E-state index in [9.17, 15) is 0 Å². The van der Waals surface area contributed by atoms with Crippen molar-refractivity contribution in [3.8, 4) is 0 Å². The summed E-state index contributed by atoms with van der Waals surface area (Å²) < 4.78 is 1.96. The molecule has 132 valence electrons. The maximum absolute atomic E-state index is 4.40. The van der Waals surface area contributed by atoms with E-state index in [2.05, 4.69) is 52.3 Å². The van der Waals surface area contributed by atoms with E-state index in [4.69, 9.17) is 0 Å². The van der Waals surface area contributed by atoms with Gasteiger partial charge in [-0.2, -0.15) is 5.10 Å². The fourth-order valence-electron chi connectivity index (χ4n) is 3.18. The molecule has 0 spiro atoms. The smallest absolute Gasteiger partial charge is 0.193 e. The minimum atomic E-state index is 0. The summed E-state index contributed by atoms with van der Waals surface area (Å²) in [6.07, 6.45) is 6.56. The van der Waals surface area contributed by atoms with Gasteiger partial charge in [0.1, 0.15) is 0 Å². The first-order chi connectivity index (χ1) is 10.6. The van der Waals surface area contributed by atoms with Gasteiger partial charge in [0, 0.05) is 39.4 Å². The zero-order valence-corrected chi connectivity index (χ0v) is 17.2. The molecular formula is C16H31IN6. The van der Waals surface area contributed by atoms with Gasteiger partial charge in [-0.05, 0) is 38.4 Å². The Morgan fingerprint density at radius 3 is 2.91 bits per heavy atom. The molecule has 0 radical (unpaired) electrons. The molecule has 0 saturated carbocycles. The third-order valence-electron chi connectivity index (χ3n) is 4.35. The van der Waals surface area contributed by atoms with Crippen LogP contribution in [0.1, 0.15) is 25.3 Å². The van der Waals surface area contributed by atoms with Crippen LogP contribution in [-0.4, -0.2) is 71.9 Å². The number of halogens is 1. The van der Waals surface area contributed by atoms with Gasteiger partial charge in [-0.1, -0.05) is 6.92 Å². The van der Waals surface area contributed by atoms with Crippen LogP contribution in [0, 0.1) is 6.92 Å². The second-order valence-electron chi connectivity index (χ2n) is 6.06. The first kappa shape index (κ1) is 20.2. The first-order valence-electron chi connectivity index (χ1n) is 8.29. The molecule has 1 atom stereocenters. The second kappa shape index (κ2) is 10.1. The molecule has 1 N–H and O–H groups in total. The molecule has 7 heteroatoms. The number of aromatic nitrogens is 2. The lowest BCUT2D eigenvalue weighted by Crippen LogP contribution is -2.46. The van der Waals surface area contributed by atoms with E-state index in [1.807, 2.05) is 17.9 Å². The molecule has 6 nitrogen and oxygen atoms in total. The van der Waals surface area contributed by atoms with Crippen LogP contribution in [-0.2, 0) is 6.54 Å². The highest BCUT2D eigenvalue weighted by Gasteiger charge is 2.24. The van der Waals surface area contributed by atoms with Crippen LogP contribution in [0.15, 0.2) is 17.4 Å². The first-order valence-corrected chi connectivity index (χ1v) is 8.29. The van der Waals surface area contributed by atoms with E-state index in [-0.39, 0.29) is 24.0 Å². The van der Waals surface area contributed by atoms with Crippen LogP contribution in [0.3, 0.4) is 0 Å². The van der Waals surface area contributed by atoms with Gasteiger partial charge >= 0.3 is 0 Å². The van der Waals surface area contributed by atoms with Crippen LogP contribution in [0.25, 0.3) is 0 Å². The molecule has 23 heavy (non-hydrogen) atoms. The van der Waals surface area contributed by atoms with Crippen molar-refractivity contribution in [3.63, 3.8) is 0 Å². The number of rotatable bonds is 6. The predicted octanol–water partition coefficient (Wildman–Crippen LogP) is 1.80. The number of aryl methyl sites for hydroxylation is 1. The number of hydrogen-bond acceptors (Lipinski definition) is 3. The highest BCUT2D eigenvalue weighted by molar-refractivity contribution is 14.0. The number of nitrogens with zero attached hydrogens (tertiary/aromatic N) is 5. The van der Waals surface area contributed by atoms with Crippen molar-refractivity contribution in [1.29, 1.82) is 0 Å². The van der Waals surface area contributed by atoms with Gasteiger partial charge in [0.15, 0.2) is 5.96 Å². The van der Waals surface area contributed by atoms with Gasteiger partial charge < -0.3 is 10.2 Å². The quantitative estimate of drug-likeness (QED) is 0.422. The lowest BCUT2D eigenvalue weighted by Gasteiger charge is -2.29. The number of aliphatic imine (C=N–C) groups is 1. The third kappa shape index (κ3) is 5.95. The van der Waals surface area contributed by atoms with E-state index >= 15 is 0 Å². The molecule has 1 unspecified atom stereocenters. The van der Waals surface area contributed by atoms with Gasteiger partial charge in [0.25, 0.3) is 0 Å². The Labute approximate surface area is 157 Å². The largest absolute Gasteiger partial charge is 0.354 e. The lowest BCUT2D eigenvalue weighted by atomic mass is 10.2. The van der Waals surface area contributed by atoms with E-state index in [1.54, 1.807) is 0 Å². The Bertz CT molecular complexity index is 487. The lowest BCUT2D eigenvalue weighted by molar-refractivity contribution is 0.232. The predicted molar refractivity (Wildman–Crippen MR) is 107 cm³/mol. The summed E-state index contributed by atoms with van der Waals surface area (Å²) in [4.78, 5) is 9.21. The zero-order chi connectivity index (χ0) is 15.9. The Morgan fingerprint density at radius 2 is 2.30 bits per heavy atom. The normalized spacial score (nSPS) is 18.8. The van der Waals surface area contributed by atoms with Gasteiger partial charge in [0.05, 0.1) is 12.7 Å². The fraction of sp³-hybridized carbons (Fsp3) is 0.750. The third-order valence-corrected chi connectivity index (χ3v) is 4.35. The summed E-state index contributed by atoms with van der Waals surface area (Å²) in [5.41, 5.74) is 1.20. The van der Waals surface area contributed by atoms with E-state index in [0.717, 1.165) is 32.1 Å². The summed E-state index contributed by atoms with van der Waals surface area (Å²) >= 11 is 0. The highest BCUT2D eigenvalue weighted by Crippen LogP contribution is 2.17. The maximum atomic E-state index is 4.40. The van der Waals surface area contributed by atoms with Crippen LogP contribution >= 0.6 is 24.0 Å². The zero-order valence-electron chi connectivity index (χ0n) is 14.8. The Kier molecular flexibility index (Phi) is 8.90. The molecule has 1 fully saturated rings. The number of nitrogens with one attached hydrogen (secondary N) is 1. The van der Waals surface area contributed by atoms with E-state index in [0.29, 0.717) is 6.04 Å². The molecule has 1 aromatic heterocycles. The van der Waals surface area contributed by atoms with Crippen molar-refractivity contribution in [2.24, 2.45) is 4.99 Å². The van der Waals surface area contributed by atoms with Crippen molar-refractivity contribution < 1.29 is 0 Å². The number of likely N-dealkylation sites (tertiary alicyclic amines) is 1. The van der Waals surface area contributed by atoms with Crippen molar-refractivity contribution in [2.45, 2.75) is 39.3 Å². The van der Waals surface area contributed by atoms with Gasteiger partial charge in [-0.15, -0.1) is 24.0 Å². The van der Waals surface area contributed by atoms with E-state index < -0.39 is 0 Å². The minimum Gasteiger partial charge on any atom is -0.354 e. The molecule has 0 aliphatic carbocycles. The average Bonchev–Trinajstić information content (AvgIpc) is 3.12. The summed E-state index contributed by atoms with van der Waals surface area (Å²) in [6, 6.07) is 0.655. The van der Waals surface area contributed by atoms with Crippen molar-refractivity contribution >= 4 is 29.9 Å². The number of likely N-dealkylation sites (N-methyl/N-ethyl adjacent to an activating group) is 2. The topological polar surface area (TPSA) is 48.7 Å². The standard InChI is InChI=1S/C16H30N6.HI/c1-5-21-9-6-7-15(21)13-20(4)16(17-3)18-8-10-22-12-14(2)11-19-22;/h11-12,15H,5-10,13H2,1-4H3,(H,17,18);1H. The molecule has 0 aromatic carbocycles. The molecule has 2 heterocycles. The average molecular weight is 434 g/mol. The molecule has 0 amide bonds. The van der Waals surface area contributed by atoms with Crippen molar-refractivity contribution in [2.75, 3.05) is 40.3 Å². The Balaban J connectivity index is 0.00000264. The number of guanidine groups is 1. The summed E-state index contributed by atoms with van der Waals surface area (Å²) in [5.74, 6) is 0.965. The molecule has 1 aromatic rings. The summed E-state index contributed by atoms with van der Waals surface area (Å²) in [6.45, 7) is 9.41. The molecule has 1 aliphatic rings. The van der Waals surface area contributed by atoms with Crippen LogP contribution in [0.5, 0.6) is 0 Å². The van der Waals surface area contributed by atoms with Crippen molar-refractivity contribution in [1.82, 2.24) is 24.9 Å². The van der Waals surface area contributed by atoms with Gasteiger partial charge in [0.2, 0.25) is 0 Å². The second-order valence-corrected chi connectivity index (χ2v) is 6.06. The van der Waals surface area contributed by atoms with Gasteiger partial charge in [-0.25, -0.2) is 0 Å². The highest BCUT2D eigenvalue weighted by atomic mass is 127. The van der Waals surface area contributed by atoms with Crippen molar-refractivity contribution in [3.05, 3.63) is 18.0 Å². The number of hydrogen-bond donors (Lipinski definition) is 1. The molecular weight excluding hydrogens is 403 g/mol. The Hall–Kier alpha value is -0.830. The monoisotopic (exact) mass is 434 g/mol. The van der Waals surface area contributed by atoms with E-state index in [1.165, 1.54) is 24.9 Å². The van der Waals surface area contributed by atoms with Gasteiger partial charge in [-0.3, -0.25) is 14.6 Å². The minimum absolute atomic E-state index is 0. The van der Waals surface area contributed by atoms with Crippen LogP contribution < -0.4 is 5.32 Å². The maximum Gasteiger partial charge on any atom is 0.193 e. The molecule has 1 saturated heterocycles. The van der Waals surface area contributed by atoms with Crippen LogP contribution in [0.4, 0.5) is 0 Å².